The van der Waals surface area contributed by atoms with Gasteiger partial charge < -0.3 is 14.6 Å². The number of fused-ring (bicyclic) bond motifs is 1. The van der Waals surface area contributed by atoms with Crippen LogP contribution in [0.15, 0.2) is 59.1 Å². The molecule has 2 unspecified atom stereocenters. The van der Waals surface area contributed by atoms with Gasteiger partial charge in [-0.1, -0.05) is 64.3 Å². The van der Waals surface area contributed by atoms with Crippen molar-refractivity contribution in [1.29, 1.82) is 0 Å². The van der Waals surface area contributed by atoms with Crippen molar-refractivity contribution in [3.05, 3.63) is 103 Å². The molecule has 0 aliphatic carbocycles. The lowest BCUT2D eigenvalue weighted by atomic mass is 9.74. The maximum atomic E-state index is 16.4. The van der Waals surface area contributed by atoms with Crippen LogP contribution in [0.4, 0.5) is 4.39 Å². The lowest BCUT2D eigenvalue weighted by Gasteiger charge is -2.39. The Morgan fingerprint density at radius 2 is 1.79 bits per heavy atom. The molecule has 39 heavy (non-hydrogen) atoms. The summed E-state index contributed by atoms with van der Waals surface area (Å²) in [5.41, 5.74) is -0.902. The Morgan fingerprint density at radius 3 is 2.41 bits per heavy atom. The summed E-state index contributed by atoms with van der Waals surface area (Å²) in [5, 5.41) is 12.9. The maximum absolute atomic E-state index is 16.4. The Balaban J connectivity index is 1.70. The topological polar surface area (TPSA) is 59.0 Å². The second-order valence-electron chi connectivity index (χ2n) is 10.0. The molecule has 9 heteroatoms. The standard InChI is InChI=1S/C30H29BrCl2FNO4/c1-3-29(37,19-10-12-39-13-11-19)21-14-24-27(26(34)15-21)30(38-2,20-5-8-22(32)9-6-20)35(28(24)36)17-18-4-7-23(33)16-25(18)31/h4-9,14-16,19,37H,3,10-13,17H2,1-2H3. The van der Waals surface area contributed by atoms with E-state index in [1.54, 1.807) is 42.5 Å². The van der Waals surface area contributed by atoms with Gasteiger partial charge in [0.05, 0.1) is 23.3 Å². The third-order valence-corrected chi connectivity index (χ3v) is 9.32. The zero-order chi connectivity index (χ0) is 27.9. The molecule has 3 aromatic rings. The Morgan fingerprint density at radius 1 is 1.13 bits per heavy atom. The van der Waals surface area contributed by atoms with E-state index in [-0.39, 0.29) is 23.6 Å². The quantitative estimate of drug-likeness (QED) is 0.293. The lowest BCUT2D eigenvalue weighted by molar-refractivity contribution is -0.0884. The van der Waals surface area contributed by atoms with E-state index in [9.17, 15) is 9.90 Å². The number of nitrogens with zero attached hydrogens (tertiary/aromatic N) is 1. The zero-order valence-electron chi connectivity index (χ0n) is 21.6. The van der Waals surface area contributed by atoms with Crippen LogP contribution >= 0.6 is 39.1 Å². The van der Waals surface area contributed by atoms with Crippen LogP contribution in [0.2, 0.25) is 10.0 Å². The van der Waals surface area contributed by atoms with Gasteiger partial charge in [-0.15, -0.1) is 0 Å². The van der Waals surface area contributed by atoms with Crippen molar-refractivity contribution < 1.29 is 23.8 Å². The minimum absolute atomic E-state index is 0.106. The molecule has 1 amide bonds. The molecule has 2 aliphatic heterocycles. The first-order valence-electron chi connectivity index (χ1n) is 12.9. The Hall–Kier alpha value is -2.00. The average Bonchev–Trinajstić information content (AvgIpc) is 3.19. The summed E-state index contributed by atoms with van der Waals surface area (Å²) in [5.74, 6) is -1.14. The van der Waals surface area contributed by atoms with E-state index in [1.165, 1.54) is 18.1 Å². The predicted molar refractivity (Wildman–Crippen MR) is 152 cm³/mol. The number of aliphatic hydroxyl groups is 1. The number of carbonyl (C=O) groups excluding carboxylic acids is 1. The van der Waals surface area contributed by atoms with Crippen LogP contribution in [0.3, 0.4) is 0 Å². The molecule has 2 heterocycles. The van der Waals surface area contributed by atoms with E-state index in [0.29, 0.717) is 58.1 Å². The highest BCUT2D eigenvalue weighted by Crippen LogP contribution is 2.49. The summed E-state index contributed by atoms with van der Waals surface area (Å²) < 4.78 is 28.7. The molecule has 5 rings (SSSR count). The lowest BCUT2D eigenvalue weighted by Crippen LogP contribution is -2.46. The van der Waals surface area contributed by atoms with Crippen molar-refractivity contribution in [3.63, 3.8) is 0 Å². The van der Waals surface area contributed by atoms with E-state index in [4.69, 9.17) is 32.7 Å². The van der Waals surface area contributed by atoms with Crippen LogP contribution < -0.4 is 0 Å². The van der Waals surface area contributed by atoms with E-state index in [2.05, 4.69) is 15.9 Å². The van der Waals surface area contributed by atoms with Gasteiger partial charge >= 0.3 is 0 Å². The SMILES string of the molecule is CCC(O)(c1cc(F)c2c(c1)C(=O)N(Cc1ccc(Cl)cc1Br)C2(OC)c1ccc(Cl)cc1)C1CCOCC1. The van der Waals surface area contributed by atoms with Crippen molar-refractivity contribution in [2.45, 2.75) is 44.1 Å². The van der Waals surface area contributed by atoms with E-state index in [1.807, 2.05) is 13.0 Å². The predicted octanol–water partition coefficient (Wildman–Crippen LogP) is 7.42. The summed E-state index contributed by atoms with van der Waals surface area (Å²) in [7, 11) is 1.46. The van der Waals surface area contributed by atoms with Crippen LogP contribution in [0.25, 0.3) is 0 Å². The molecule has 2 aliphatic rings. The molecule has 0 bridgehead atoms. The molecular formula is C30H29BrCl2FNO4. The van der Waals surface area contributed by atoms with E-state index < -0.39 is 23.1 Å². The van der Waals surface area contributed by atoms with Gasteiger partial charge in [-0.2, -0.15) is 0 Å². The number of benzene rings is 3. The number of amides is 1. The summed E-state index contributed by atoms with van der Waals surface area (Å²) >= 11 is 15.9. The molecule has 206 valence electrons. The number of methoxy groups -OCH3 is 1. The van der Waals surface area contributed by atoms with Gasteiger partial charge in [0.15, 0.2) is 5.72 Å². The van der Waals surface area contributed by atoms with Gasteiger partial charge in [0.25, 0.3) is 5.91 Å². The molecule has 3 aromatic carbocycles. The van der Waals surface area contributed by atoms with E-state index >= 15 is 4.39 Å². The highest BCUT2D eigenvalue weighted by molar-refractivity contribution is 9.10. The Kier molecular flexibility index (Phi) is 8.13. The maximum Gasteiger partial charge on any atom is 0.257 e. The van der Waals surface area contributed by atoms with Crippen LogP contribution in [-0.4, -0.2) is 36.2 Å². The van der Waals surface area contributed by atoms with Crippen LogP contribution in [0.1, 0.15) is 58.8 Å². The average molecular weight is 637 g/mol. The van der Waals surface area contributed by atoms with Crippen molar-refractivity contribution in [3.8, 4) is 0 Å². The fourth-order valence-corrected chi connectivity index (χ4v) is 6.94. The second kappa shape index (κ2) is 11.1. The third-order valence-electron chi connectivity index (χ3n) is 8.09. The smallest absolute Gasteiger partial charge is 0.257 e. The zero-order valence-corrected chi connectivity index (χ0v) is 24.7. The second-order valence-corrected chi connectivity index (χ2v) is 11.8. The Labute approximate surface area is 245 Å². The molecular weight excluding hydrogens is 608 g/mol. The van der Waals surface area contributed by atoms with Gasteiger partial charge in [0.1, 0.15) is 5.82 Å². The molecule has 5 nitrogen and oxygen atoms in total. The van der Waals surface area contributed by atoms with Gasteiger partial charge in [-0.05, 0) is 72.7 Å². The molecule has 0 spiro atoms. The Bertz CT molecular complexity index is 1400. The van der Waals surface area contributed by atoms with Crippen LogP contribution in [0, 0.1) is 11.7 Å². The first-order chi connectivity index (χ1) is 18.7. The van der Waals surface area contributed by atoms with Crippen molar-refractivity contribution in [2.24, 2.45) is 5.92 Å². The molecule has 2 atom stereocenters. The normalized spacial score (nSPS) is 21.2. The van der Waals surface area contributed by atoms with Crippen molar-refractivity contribution in [1.82, 2.24) is 4.90 Å². The number of hydrogen-bond acceptors (Lipinski definition) is 4. The fourth-order valence-electron chi connectivity index (χ4n) is 6.01. The molecule has 0 saturated carbocycles. The first-order valence-corrected chi connectivity index (χ1v) is 14.4. The molecule has 1 fully saturated rings. The van der Waals surface area contributed by atoms with Gasteiger partial charge in [0.2, 0.25) is 0 Å². The highest BCUT2D eigenvalue weighted by atomic mass is 79.9. The summed E-state index contributed by atoms with van der Waals surface area (Å²) in [6.45, 7) is 3.05. The highest BCUT2D eigenvalue weighted by Gasteiger charge is 2.54. The monoisotopic (exact) mass is 635 g/mol. The third kappa shape index (κ3) is 4.81. The van der Waals surface area contributed by atoms with Crippen molar-refractivity contribution >= 4 is 45.0 Å². The van der Waals surface area contributed by atoms with Gasteiger partial charge in [0, 0.05) is 40.4 Å². The molecule has 0 radical (unpaired) electrons. The summed E-state index contributed by atoms with van der Waals surface area (Å²) in [4.78, 5) is 15.7. The van der Waals surface area contributed by atoms with Crippen LogP contribution in [-0.2, 0) is 27.3 Å². The van der Waals surface area contributed by atoms with Crippen LogP contribution in [0.5, 0.6) is 0 Å². The minimum Gasteiger partial charge on any atom is -0.385 e. The number of halogens is 4. The molecule has 0 aromatic heterocycles. The first kappa shape index (κ1) is 28.5. The van der Waals surface area contributed by atoms with E-state index in [0.717, 1.165) is 5.56 Å². The largest absolute Gasteiger partial charge is 0.385 e. The fraction of sp³-hybridized carbons (Fsp3) is 0.367. The van der Waals surface area contributed by atoms with Gasteiger partial charge in [-0.25, -0.2) is 4.39 Å². The summed E-state index contributed by atoms with van der Waals surface area (Å²) in [6.07, 6.45) is 1.68. The number of hydrogen-bond donors (Lipinski definition) is 1. The molecule has 1 saturated heterocycles. The van der Waals surface area contributed by atoms with Crippen molar-refractivity contribution in [2.75, 3.05) is 20.3 Å². The number of carbonyl (C=O) groups is 1. The number of rotatable bonds is 7. The minimum atomic E-state index is -1.57. The number of ether oxygens (including phenoxy) is 2. The molecule has 1 N–H and O–H groups in total. The summed E-state index contributed by atoms with van der Waals surface area (Å²) in [6, 6.07) is 15.1. The van der Waals surface area contributed by atoms with Gasteiger partial charge in [-0.3, -0.25) is 9.69 Å².